The van der Waals surface area contributed by atoms with Gasteiger partial charge in [-0.3, -0.25) is 9.79 Å². The lowest BCUT2D eigenvalue weighted by Crippen LogP contribution is -2.21. The zero-order valence-corrected chi connectivity index (χ0v) is 14.7. The van der Waals surface area contributed by atoms with E-state index < -0.39 is 0 Å². The van der Waals surface area contributed by atoms with Crippen molar-refractivity contribution in [2.24, 2.45) is 4.99 Å². The number of rotatable bonds is 4. The largest absolute Gasteiger partial charge is 0.497 e. The summed E-state index contributed by atoms with van der Waals surface area (Å²) in [6, 6.07) is 13.8. The summed E-state index contributed by atoms with van der Waals surface area (Å²) < 4.78 is 15.9. The first-order valence-corrected chi connectivity index (χ1v) is 8.77. The van der Waals surface area contributed by atoms with Gasteiger partial charge in [-0.15, -0.1) is 0 Å². The second-order valence-electron chi connectivity index (χ2n) is 6.66. The molecule has 1 saturated carbocycles. The van der Waals surface area contributed by atoms with Crippen molar-refractivity contribution in [2.45, 2.75) is 31.7 Å². The molecule has 0 saturated heterocycles. The minimum atomic E-state index is 0.192. The van der Waals surface area contributed by atoms with E-state index in [1.165, 1.54) is 0 Å². The zero-order chi connectivity index (χ0) is 17.9. The molecule has 0 spiro atoms. The molecular formula is C21H21NO4. The zero-order valence-electron chi connectivity index (χ0n) is 14.7. The highest BCUT2D eigenvalue weighted by Crippen LogP contribution is 2.33. The van der Waals surface area contributed by atoms with Gasteiger partial charge in [-0.1, -0.05) is 18.2 Å². The van der Waals surface area contributed by atoms with E-state index in [1.54, 1.807) is 7.11 Å². The lowest BCUT2D eigenvalue weighted by molar-refractivity contribution is -0.118. The van der Waals surface area contributed by atoms with Crippen LogP contribution in [0.1, 0.15) is 36.3 Å². The molecule has 5 nitrogen and oxygen atoms in total. The summed E-state index contributed by atoms with van der Waals surface area (Å²) in [5.41, 5.74) is 3.19. The summed E-state index contributed by atoms with van der Waals surface area (Å²) in [6.45, 7) is 0.819. The molecule has 2 aromatic carbocycles. The monoisotopic (exact) mass is 351 g/mol. The molecule has 134 valence electrons. The van der Waals surface area contributed by atoms with Gasteiger partial charge in [-0.05, 0) is 47.7 Å². The first-order chi connectivity index (χ1) is 12.7. The van der Waals surface area contributed by atoms with Crippen LogP contribution in [0.3, 0.4) is 0 Å². The summed E-state index contributed by atoms with van der Waals surface area (Å²) in [5, 5.41) is 0. The molecule has 0 radical (unpaired) electrons. The maximum atomic E-state index is 12.2. The third-order valence-electron chi connectivity index (χ3n) is 4.87. The predicted molar refractivity (Wildman–Crippen MR) is 98.3 cm³/mol. The van der Waals surface area contributed by atoms with Gasteiger partial charge in [0.05, 0.1) is 13.7 Å². The lowest BCUT2D eigenvalue weighted by atomic mass is 9.82. The van der Waals surface area contributed by atoms with Gasteiger partial charge >= 0.3 is 0 Å². The highest BCUT2D eigenvalue weighted by Gasteiger charge is 2.25. The smallest absolute Gasteiger partial charge is 0.231 e. The molecule has 0 amide bonds. The second kappa shape index (κ2) is 7.20. The Morgan fingerprint density at radius 3 is 2.69 bits per heavy atom. The number of carbonyl (C=O) groups is 1. The van der Waals surface area contributed by atoms with Crippen LogP contribution in [0.2, 0.25) is 0 Å². The standard InChI is InChI=1S/C21H21NO4/c1-24-19-5-3-15(4-6-19)16-9-17(11-18(23)10-16)22-12-14-2-7-20-21(8-14)26-13-25-20/h2-8,16H,9-13H2,1H3/t16-/m1/s1. The van der Waals surface area contributed by atoms with Gasteiger partial charge in [0.15, 0.2) is 11.5 Å². The van der Waals surface area contributed by atoms with Crippen molar-refractivity contribution in [3.8, 4) is 17.2 Å². The number of hydrogen-bond donors (Lipinski definition) is 0. The Bertz CT molecular complexity index is 842. The van der Waals surface area contributed by atoms with Crippen LogP contribution in [0.5, 0.6) is 17.2 Å². The molecule has 0 aromatic heterocycles. The molecule has 1 atom stereocenters. The number of ether oxygens (including phenoxy) is 3. The number of nitrogens with zero attached hydrogens (tertiary/aromatic N) is 1. The van der Waals surface area contributed by atoms with E-state index >= 15 is 0 Å². The molecule has 0 unspecified atom stereocenters. The number of carbonyl (C=O) groups excluding carboxylic acids is 1. The van der Waals surface area contributed by atoms with Crippen LogP contribution in [0.15, 0.2) is 47.5 Å². The van der Waals surface area contributed by atoms with Gasteiger partial charge in [0.2, 0.25) is 6.79 Å². The molecule has 1 aliphatic carbocycles. The van der Waals surface area contributed by atoms with E-state index in [0.717, 1.165) is 40.5 Å². The van der Waals surface area contributed by atoms with E-state index in [2.05, 4.69) is 0 Å². The van der Waals surface area contributed by atoms with Crippen LogP contribution in [0.25, 0.3) is 0 Å². The van der Waals surface area contributed by atoms with Crippen LogP contribution in [0, 0.1) is 0 Å². The summed E-state index contributed by atoms with van der Waals surface area (Å²) >= 11 is 0. The van der Waals surface area contributed by atoms with E-state index in [-0.39, 0.29) is 18.5 Å². The van der Waals surface area contributed by atoms with Crippen molar-refractivity contribution >= 4 is 11.5 Å². The molecule has 1 fully saturated rings. The number of aliphatic imine (C=N–C) groups is 1. The molecule has 1 heterocycles. The number of fused-ring (bicyclic) bond motifs is 1. The number of methoxy groups -OCH3 is 1. The van der Waals surface area contributed by atoms with Crippen molar-refractivity contribution in [3.05, 3.63) is 53.6 Å². The lowest BCUT2D eigenvalue weighted by Gasteiger charge is -2.23. The van der Waals surface area contributed by atoms with E-state index in [4.69, 9.17) is 19.2 Å². The SMILES string of the molecule is COc1ccc([C@H]2CC(=O)CC(=NCc3ccc4c(c3)OCO4)C2)cc1. The molecule has 2 aromatic rings. The molecule has 2 aliphatic rings. The first kappa shape index (κ1) is 16.6. The third-order valence-corrected chi connectivity index (χ3v) is 4.87. The number of ketones is 1. The number of hydrogen-bond acceptors (Lipinski definition) is 5. The van der Waals surface area contributed by atoms with Crippen LogP contribution in [-0.4, -0.2) is 25.4 Å². The molecule has 5 heteroatoms. The summed E-state index contributed by atoms with van der Waals surface area (Å²) in [6.07, 6.45) is 1.86. The van der Waals surface area contributed by atoms with Crippen molar-refractivity contribution in [1.29, 1.82) is 0 Å². The summed E-state index contributed by atoms with van der Waals surface area (Å²) in [5.74, 6) is 2.80. The van der Waals surface area contributed by atoms with Gasteiger partial charge in [-0.2, -0.15) is 0 Å². The molecular weight excluding hydrogens is 330 g/mol. The Balaban J connectivity index is 1.47. The molecule has 26 heavy (non-hydrogen) atoms. The Kier molecular flexibility index (Phi) is 4.61. The van der Waals surface area contributed by atoms with Crippen LogP contribution in [0.4, 0.5) is 0 Å². The normalized spacial score (nSPS) is 20.4. The highest BCUT2D eigenvalue weighted by molar-refractivity contribution is 6.05. The van der Waals surface area contributed by atoms with E-state index in [0.29, 0.717) is 19.4 Å². The van der Waals surface area contributed by atoms with Crippen molar-refractivity contribution in [3.63, 3.8) is 0 Å². The van der Waals surface area contributed by atoms with Gasteiger partial charge in [0.1, 0.15) is 11.5 Å². The van der Waals surface area contributed by atoms with Crippen molar-refractivity contribution < 1.29 is 19.0 Å². The average molecular weight is 351 g/mol. The molecule has 4 rings (SSSR count). The van der Waals surface area contributed by atoms with Gasteiger partial charge in [0, 0.05) is 18.6 Å². The minimum absolute atomic E-state index is 0.192. The number of benzene rings is 2. The van der Waals surface area contributed by atoms with Gasteiger partial charge in [0.25, 0.3) is 0 Å². The Hall–Kier alpha value is -2.82. The fourth-order valence-corrected chi connectivity index (χ4v) is 3.48. The molecule has 0 bridgehead atoms. The van der Waals surface area contributed by atoms with Crippen molar-refractivity contribution in [2.75, 3.05) is 13.9 Å². The highest BCUT2D eigenvalue weighted by atomic mass is 16.7. The van der Waals surface area contributed by atoms with Gasteiger partial charge < -0.3 is 14.2 Å². The van der Waals surface area contributed by atoms with Gasteiger partial charge in [-0.25, -0.2) is 0 Å². The maximum absolute atomic E-state index is 12.2. The summed E-state index contributed by atoms with van der Waals surface area (Å²) in [7, 11) is 1.65. The topological polar surface area (TPSA) is 57.1 Å². The Morgan fingerprint density at radius 2 is 1.88 bits per heavy atom. The third kappa shape index (κ3) is 3.57. The van der Waals surface area contributed by atoms with Crippen LogP contribution < -0.4 is 14.2 Å². The second-order valence-corrected chi connectivity index (χ2v) is 6.66. The molecule has 1 aliphatic heterocycles. The van der Waals surface area contributed by atoms with Crippen LogP contribution >= 0.6 is 0 Å². The van der Waals surface area contributed by atoms with Crippen molar-refractivity contribution in [1.82, 2.24) is 0 Å². The average Bonchev–Trinajstić information content (AvgIpc) is 3.14. The van der Waals surface area contributed by atoms with E-state index in [1.807, 2.05) is 42.5 Å². The molecule has 0 N–H and O–H groups in total. The minimum Gasteiger partial charge on any atom is -0.497 e. The fourth-order valence-electron chi connectivity index (χ4n) is 3.48. The first-order valence-electron chi connectivity index (χ1n) is 8.77. The Labute approximate surface area is 152 Å². The van der Waals surface area contributed by atoms with E-state index in [9.17, 15) is 4.79 Å². The number of Topliss-reactive ketones (excluding diaryl/α,β-unsaturated/α-hetero) is 1. The fraction of sp³-hybridized carbons (Fsp3) is 0.333. The Morgan fingerprint density at radius 1 is 1.08 bits per heavy atom. The predicted octanol–water partition coefficient (Wildman–Crippen LogP) is 3.90. The maximum Gasteiger partial charge on any atom is 0.231 e. The quantitative estimate of drug-likeness (QED) is 0.838. The van der Waals surface area contributed by atoms with Crippen LogP contribution in [-0.2, 0) is 11.3 Å². The summed E-state index contributed by atoms with van der Waals surface area (Å²) in [4.78, 5) is 16.9.